The third kappa shape index (κ3) is 4.63. The highest BCUT2D eigenvalue weighted by Gasteiger charge is 1.89. The van der Waals surface area contributed by atoms with Crippen molar-refractivity contribution in [3.63, 3.8) is 0 Å². The fraction of sp³-hybridized carbons (Fsp3) is 0.200. The van der Waals surface area contributed by atoms with Crippen LogP contribution in [0.4, 0.5) is 0 Å². The molecule has 0 N–H and O–H groups in total. The minimum Gasteiger partial charge on any atom is -0.0955 e. The Hall–Kier alpha value is -0.750. The molecule has 0 aliphatic rings. The van der Waals surface area contributed by atoms with Crippen LogP contribution in [0.15, 0.2) is 47.6 Å². The van der Waals surface area contributed by atoms with E-state index in [-0.39, 0.29) is 0 Å². The molecular weight excluding hydrogens is 156 g/mol. The van der Waals surface area contributed by atoms with Gasteiger partial charge in [-0.15, -0.1) is 0 Å². The molecule has 0 saturated carbocycles. The van der Waals surface area contributed by atoms with Gasteiger partial charge in [-0.05, 0) is 25.5 Å². The fourth-order valence-electron chi connectivity index (χ4n) is 0.665. The average molecular weight is 169 g/mol. The second kappa shape index (κ2) is 4.97. The lowest BCUT2D eigenvalue weighted by Crippen LogP contribution is -1.76. The molecule has 0 aliphatic heterocycles. The van der Waals surface area contributed by atoms with Crippen molar-refractivity contribution in [1.82, 2.24) is 0 Å². The molecule has 0 spiro atoms. The van der Waals surface area contributed by atoms with Gasteiger partial charge in [-0.1, -0.05) is 42.5 Å². The molecule has 0 rings (SSSR count). The van der Waals surface area contributed by atoms with Crippen LogP contribution in [0.3, 0.4) is 0 Å². The molecule has 0 fully saturated rings. The summed E-state index contributed by atoms with van der Waals surface area (Å²) in [5, 5.41) is 0.533. The van der Waals surface area contributed by atoms with E-state index in [4.69, 9.17) is 11.6 Å². The monoisotopic (exact) mass is 168 g/mol. The molecule has 0 atom stereocenters. The zero-order valence-electron chi connectivity index (χ0n) is 7.02. The summed E-state index contributed by atoms with van der Waals surface area (Å²) in [7, 11) is 0. The van der Waals surface area contributed by atoms with Crippen LogP contribution in [0, 0.1) is 0 Å². The molecule has 0 bridgehead atoms. The third-order valence-electron chi connectivity index (χ3n) is 1.25. The average Bonchev–Trinajstić information content (AvgIpc) is 1.87. The molecule has 0 saturated heterocycles. The molecule has 0 nitrogen and oxygen atoms in total. The van der Waals surface area contributed by atoms with Gasteiger partial charge >= 0.3 is 0 Å². The number of allylic oxidation sites excluding steroid dienone is 6. The molecule has 0 heterocycles. The highest BCUT2D eigenvalue weighted by atomic mass is 35.5. The summed E-state index contributed by atoms with van der Waals surface area (Å²) in [5.41, 5.74) is 2.12. The maximum atomic E-state index is 5.55. The van der Waals surface area contributed by atoms with Crippen molar-refractivity contribution >= 4 is 11.6 Å². The normalized spacial score (nSPS) is 12.1. The van der Waals surface area contributed by atoms with Crippen molar-refractivity contribution in [3.05, 3.63) is 47.6 Å². The van der Waals surface area contributed by atoms with Crippen LogP contribution in [-0.2, 0) is 0 Å². The Labute approximate surface area is 73.6 Å². The van der Waals surface area contributed by atoms with Crippen molar-refractivity contribution in [1.29, 1.82) is 0 Å². The van der Waals surface area contributed by atoms with Gasteiger partial charge < -0.3 is 0 Å². The van der Waals surface area contributed by atoms with E-state index in [0.29, 0.717) is 5.03 Å². The lowest BCUT2D eigenvalue weighted by atomic mass is 10.1. The lowest BCUT2D eigenvalue weighted by Gasteiger charge is -1.97. The zero-order chi connectivity index (χ0) is 8.85. The molecular formula is C10H13Cl. The Balaban J connectivity index is 4.34. The zero-order valence-corrected chi connectivity index (χ0v) is 7.78. The van der Waals surface area contributed by atoms with Gasteiger partial charge in [-0.2, -0.15) is 0 Å². The number of rotatable bonds is 3. The van der Waals surface area contributed by atoms with Gasteiger partial charge in [0.15, 0.2) is 0 Å². The van der Waals surface area contributed by atoms with Crippen molar-refractivity contribution in [2.24, 2.45) is 0 Å². The van der Waals surface area contributed by atoms with Crippen LogP contribution in [0.5, 0.6) is 0 Å². The van der Waals surface area contributed by atoms with Crippen molar-refractivity contribution in [3.8, 4) is 0 Å². The summed E-state index contributed by atoms with van der Waals surface area (Å²) in [6, 6.07) is 0. The van der Waals surface area contributed by atoms with Crippen molar-refractivity contribution < 1.29 is 0 Å². The van der Waals surface area contributed by atoms with E-state index >= 15 is 0 Å². The Morgan fingerprint density at radius 1 is 1.27 bits per heavy atom. The van der Waals surface area contributed by atoms with E-state index in [1.165, 1.54) is 0 Å². The second-order valence-electron chi connectivity index (χ2n) is 2.30. The SMILES string of the molecule is C=C(Cl)/C=C\C(=C/C)C(=C)C. The molecule has 1 heteroatoms. The summed E-state index contributed by atoms with van der Waals surface area (Å²) in [5.74, 6) is 0. The van der Waals surface area contributed by atoms with Gasteiger partial charge in [-0.3, -0.25) is 0 Å². The first-order chi connectivity index (χ1) is 5.07. The van der Waals surface area contributed by atoms with Gasteiger partial charge in [-0.25, -0.2) is 0 Å². The predicted molar refractivity (Wildman–Crippen MR) is 52.7 cm³/mol. The fourth-order valence-corrected chi connectivity index (χ4v) is 0.728. The van der Waals surface area contributed by atoms with Gasteiger partial charge in [0.2, 0.25) is 0 Å². The number of hydrogen-bond acceptors (Lipinski definition) is 0. The maximum Gasteiger partial charge on any atom is 0.0334 e. The molecule has 11 heavy (non-hydrogen) atoms. The first kappa shape index (κ1) is 10.2. The second-order valence-corrected chi connectivity index (χ2v) is 2.79. The van der Waals surface area contributed by atoms with Crippen molar-refractivity contribution in [2.75, 3.05) is 0 Å². The smallest absolute Gasteiger partial charge is 0.0334 e. The van der Waals surface area contributed by atoms with E-state index in [1.807, 2.05) is 26.0 Å². The van der Waals surface area contributed by atoms with Crippen molar-refractivity contribution in [2.45, 2.75) is 13.8 Å². The minimum absolute atomic E-state index is 0.533. The summed E-state index contributed by atoms with van der Waals surface area (Å²) < 4.78 is 0. The van der Waals surface area contributed by atoms with E-state index in [0.717, 1.165) is 11.1 Å². The molecule has 0 aromatic heterocycles. The molecule has 0 unspecified atom stereocenters. The number of hydrogen-bond donors (Lipinski definition) is 0. The topological polar surface area (TPSA) is 0 Å². The lowest BCUT2D eigenvalue weighted by molar-refractivity contribution is 1.43. The molecule has 0 radical (unpaired) electrons. The number of halogens is 1. The van der Waals surface area contributed by atoms with E-state index in [1.54, 1.807) is 6.08 Å². The Morgan fingerprint density at radius 2 is 1.82 bits per heavy atom. The molecule has 0 amide bonds. The highest BCUT2D eigenvalue weighted by molar-refractivity contribution is 6.30. The predicted octanol–water partition coefficient (Wildman–Crippen LogP) is 3.82. The molecule has 0 aromatic rings. The third-order valence-corrected chi connectivity index (χ3v) is 1.37. The van der Waals surface area contributed by atoms with Crippen LogP contribution < -0.4 is 0 Å². The summed E-state index contributed by atoms with van der Waals surface area (Å²) in [6.45, 7) is 11.3. The Morgan fingerprint density at radius 3 is 2.09 bits per heavy atom. The van der Waals surface area contributed by atoms with Crippen LogP contribution in [0.2, 0.25) is 0 Å². The summed E-state index contributed by atoms with van der Waals surface area (Å²) in [4.78, 5) is 0. The minimum atomic E-state index is 0.533. The van der Waals surface area contributed by atoms with Gasteiger partial charge in [0.25, 0.3) is 0 Å². The Bertz CT molecular complexity index is 219. The van der Waals surface area contributed by atoms with Crippen LogP contribution in [0.25, 0.3) is 0 Å². The van der Waals surface area contributed by atoms with Crippen LogP contribution in [-0.4, -0.2) is 0 Å². The van der Waals surface area contributed by atoms with Crippen LogP contribution >= 0.6 is 11.6 Å². The molecule has 0 aliphatic carbocycles. The van der Waals surface area contributed by atoms with Gasteiger partial charge in [0.1, 0.15) is 0 Å². The summed E-state index contributed by atoms with van der Waals surface area (Å²) >= 11 is 5.55. The summed E-state index contributed by atoms with van der Waals surface area (Å²) in [6.07, 6.45) is 5.64. The largest absolute Gasteiger partial charge is 0.0955 e. The first-order valence-electron chi connectivity index (χ1n) is 3.42. The van der Waals surface area contributed by atoms with E-state index in [9.17, 15) is 0 Å². The van der Waals surface area contributed by atoms with Gasteiger partial charge in [0.05, 0.1) is 0 Å². The molecule has 60 valence electrons. The Kier molecular flexibility index (Phi) is 4.64. The molecule has 0 aromatic carbocycles. The standard InChI is InChI=1S/C10H13Cl/c1-5-10(8(2)3)7-6-9(4)11/h5-7H,2,4H2,1,3H3/b7-6-,10-5+. The van der Waals surface area contributed by atoms with E-state index < -0.39 is 0 Å². The maximum absolute atomic E-state index is 5.55. The quantitative estimate of drug-likeness (QED) is 0.562. The van der Waals surface area contributed by atoms with Crippen LogP contribution in [0.1, 0.15) is 13.8 Å². The first-order valence-corrected chi connectivity index (χ1v) is 3.80. The highest BCUT2D eigenvalue weighted by Crippen LogP contribution is 2.10. The van der Waals surface area contributed by atoms with E-state index in [2.05, 4.69) is 13.2 Å². The van der Waals surface area contributed by atoms with Gasteiger partial charge in [0, 0.05) is 5.03 Å².